The smallest absolute Gasteiger partial charge is 0.350 e. The molecule has 0 saturated heterocycles. The second-order valence-corrected chi connectivity index (χ2v) is 7.48. The van der Waals surface area contributed by atoms with E-state index in [4.69, 9.17) is 11.6 Å². The predicted octanol–water partition coefficient (Wildman–Crippen LogP) is 3.72. The second-order valence-electron chi connectivity index (χ2n) is 7.04. The average Bonchev–Trinajstić information content (AvgIpc) is 3.50. The molecule has 0 bridgehead atoms. The highest BCUT2D eigenvalue weighted by Crippen LogP contribution is 2.33. The first-order valence-electron chi connectivity index (χ1n) is 9.18. The fraction of sp³-hybridized carbons (Fsp3) is 0.300. The molecule has 2 aromatic heterocycles. The van der Waals surface area contributed by atoms with Gasteiger partial charge >= 0.3 is 11.2 Å². The van der Waals surface area contributed by atoms with Gasteiger partial charge in [-0.25, -0.2) is 4.98 Å². The quantitative estimate of drug-likeness (QED) is 0.447. The van der Waals surface area contributed by atoms with E-state index >= 15 is 0 Å². The van der Waals surface area contributed by atoms with Crippen molar-refractivity contribution in [3.05, 3.63) is 79.7 Å². The van der Waals surface area contributed by atoms with Gasteiger partial charge in [0, 0.05) is 24.3 Å². The third-order valence-corrected chi connectivity index (χ3v) is 5.19. The molecule has 8 heteroatoms. The van der Waals surface area contributed by atoms with Crippen LogP contribution in [0.2, 0.25) is 5.02 Å². The Morgan fingerprint density at radius 2 is 1.96 bits per heavy atom. The Kier molecular flexibility index (Phi) is 5.00. The summed E-state index contributed by atoms with van der Waals surface area (Å²) < 4.78 is 1.22. The van der Waals surface area contributed by atoms with Gasteiger partial charge in [0.2, 0.25) is 5.82 Å². The van der Waals surface area contributed by atoms with Gasteiger partial charge in [-0.1, -0.05) is 29.8 Å². The van der Waals surface area contributed by atoms with E-state index in [1.54, 1.807) is 18.2 Å². The van der Waals surface area contributed by atoms with Crippen LogP contribution < -0.4 is 10.5 Å². The van der Waals surface area contributed by atoms with Crippen LogP contribution in [-0.4, -0.2) is 27.4 Å². The van der Waals surface area contributed by atoms with E-state index in [1.165, 1.54) is 10.6 Å². The lowest BCUT2D eigenvalue weighted by molar-refractivity contribution is -0.385. The number of hydrogen-bond donors (Lipinski definition) is 0. The maximum atomic E-state index is 12.7. The summed E-state index contributed by atoms with van der Waals surface area (Å²) in [5, 5.41) is 12.4. The van der Waals surface area contributed by atoms with E-state index in [0.29, 0.717) is 36.1 Å². The zero-order valence-corrected chi connectivity index (χ0v) is 15.9. The number of hydrogen-bond acceptors (Lipinski definition) is 5. The Hall–Kier alpha value is -2.93. The zero-order valence-electron chi connectivity index (χ0n) is 15.1. The molecule has 2 heterocycles. The Labute approximate surface area is 166 Å². The van der Waals surface area contributed by atoms with Crippen LogP contribution in [0, 0.1) is 16.0 Å². The lowest BCUT2D eigenvalue weighted by atomic mass is 10.1. The third-order valence-electron chi connectivity index (χ3n) is 4.93. The molecule has 0 unspecified atom stereocenters. The number of fused-ring (bicyclic) bond motifs is 1. The Bertz CT molecular complexity index is 1080. The fourth-order valence-corrected chi connectivity index (χ4v) is 3.39. The molecule has 1 saturated carbocycles. The van der Waals surface area contributed by atoms with Crippen molar-refractivity contribution in [3.8, 4) is 0 Å². The molecule has 1 aliphatic carbocycles. The standard InChI is InChI=1S/C20H19ClN4O3/c21-16-8-6-14(7-9-16)10-12-23(13-15-4-5-15)19-18(25(27)28)20(26)24-11-2-1-3-17(24)22-19/h1-3,6-9,11,15H,4-5,10,12-13H2. The Balaban J connectivity index is 1.73. The molecule has 0 radical (unpaired) electrons. The van der Waals surface area contributed by atoms with Gasteiger partial charge in [-0.15, -0.1) is 0 Å². The van der Waals surface area contributed by atoms with E-state index in [2.05, 4.69) is 4.98 Å². The van der Waals surface area contributed by atoms with E-state index in [9.17, 15) is 14.9 Å². The molecule has 0 aliphatic heterocycles. The number of nitro groups is 1. The van der Waals surface area contributed by atoms with Crippen LogP contribution in [0.5, 0.6) is 0 Å². The van der Waals surface area contributed by atoms with Crippen LogP contribution in [0.1, 0.15) is 18.4 Å². The van der Waals surface area contributed by atoms with Gasteiger partial charge in [0.15, 0.2) is 0 Å². The topological polar surface area (TPSA) is 80.8 Å². The van der Waals surface area contributed by atoms with Crippen LogP contribution in [0.15, 0.2) is 53.5 Å². The highest BCUT2D eigenvalue weighted by Gasteiger charge is 2.31. The lowest BCUT2D eigenvalue weighted by Crippen LogP contribution is -2.32. The predicted molar refractivity (Wildman–Crippen MR) is 108 cm³/mol. The number of pyridine rings is 1. The first kappa shape index (κ1) is 18.4. The van der Waals surface area contributed by atoms with Crippen molar-refractivity contribution in [2.45, 2.75) is 19.3 Å². The number of aromatic nitrogens is 2. The van der Waals surface area contributed by atoms with Crippen LogP contribution in [0.25, 0.3) is 5.65 Å². The number of halogens is 1. The van der Waals surface area contributed by atoms with Crippen molar-refractivity contribution >= 4 is 28.8 Å². The maximum absolute atomic E-state index is 12.7. The summed E-state index contributed by atoms with van der Waals surface area (Å²) in [6.45, 7) is 1.19. The van der Waals surface area contributed by atoms with Gasteiger partial charge in [0.25, 0.3) is 0 Å². The van der Waals surface area contributed by atoms with Gasteiger partial charge in [0.05, 0.1) is 4.92 Å². The summed E-state index contributed by atoms with van der Waals surface area (Å²) in [6.07, 6.45) is 4.37. The molecule has 0 amide bonds. The number of nitrogens with zero attached hydrogens (tertiary/aromatic N) is 4. The van der Waals surface area contributed by atoms with Crippen LogP contribution in [-0.2, 0) is 6.42 Å². The van der Waals surface area contributed by atoms with Crippen molar-refractivity contribution in [3.63, 3.8) is 0 Å². The Morgan fingerprint density at radius 1 is 1.21 bits per heavy atom. The van der Waals surface area contributed by atoms with Crippen LogP contribution in [0.3, 0.4) is 0 Å². The minimum atomic E-state index is -0.655. The zero-order chi connectivity index (χ0) is 19.7. The molecule has 1 fully saturated rings. The summed E-state index contributed by atoms with van der Waals surface area (Å²) in [6, 6.07) is 12.6. The summed E-state index contributed by atoms with van der Waals surface area (Å²) in [5.74, 6) is 0.642. The SMILES string of the molecule is O=c1c([N+](=O)[O-])c(N(CCc2ccc(Cl)cc2)CC2CC2)nc2ccccn12. The van der Waals surface area contributed by atoms with Crippen LogP contribution >= 0.6 is 11.6 Å². The second kappa shape index (κ2) is 7.59. The average molecular weight is 399 g/mol. The van der Waals surface area contributed by atoms with Gasteiger partial charge in [-0.05, 0) is 55.0 Å². The van der Waals surface area contributed by atoms with Crippen molar-refractivity contribution in [1.29, 1.82) is 0 Å². The molecule has 3 aromatic rings. The molecule has 0 N–H and O–H groups in total. The summed E-state index contributed by atoms with van der Waals surface area (Å²) >= 11 is 5.94. The maximum Gasteiger partial charge on any atom is 0.376 e. The van der Waals surface area contributed by atoms with Gasteiger partial charge in [0.1, 0.15) is 5.65 Å². The minimum Gasteiger partial charge on any atom is -0.350 e. The third kappa shape index (κ3) is 3.84. The highest BCUT2D eigenvalue weighted by molar-refractivity contribution is 6.30. The van der Waals surface area contributed by atoms with E-state index < -0.39 is 16.2 Å². The minimum absolute atomic E-state index is 0.155. The van der Waals surface area contributed by atoms with Crippen molar-refractivity contribution in [1.82, 2.24) is 9.38 Å². The fourth-order valence-electron chi connectivity index (χ4n) is 3.26. The summed E-state index contributed by atoms with van der Waals surface area (Å²) in [5.41, 5.74) is 0.351. The molecular weight excluding hydrogens is 380 g/mol. The number of anilines is 1. The molecule has 28 heavy (non-hydrogen) atoms. The summed E-state index contributed by atoms with van der Waals surface area (Å²) in [4.78, 5) is 30.2. The number of rotatable bonds is 7. The molecule has 0 atom stereocenters. The number of benzene rings is 1. The molecule has 4 rings (SSSR count). The monoisotopic (exact) mass is 398 g/mol. The van der Waals surface area contributed by atoms with E-state index in [0.717, 1.165) is 18.4 Å². The van der Waals surface area contributed by atoms with Gasteiger partial charge < -0.3 is 4.90 Å². The molecular formula is C20H19ClN4O3. The van der Waals surface area contributed by atoms with E-state index in [-0.39, 0.29) is 5.82 Å². The summed E-state index contributed by atoms with van der Waals surface area (Å²) in [7, 11) is 0. The van der Waals surface area contributed by atoms with Crippen LogP contribution in [0.4, 0.5) is 11.5 Å². The van der Waals surface area contributed by atoms with Crippen molar-refractivity contribution in [2.75, 3.05) is 18.0 Å². The van der Waals surface area contributed by atoms with Crippen molar-refractivity contribution < 1.29 is 4.92 Å². The molecule has 1 aromatic carbocycles. The van der Waals surface area contributed by atoms with Gasteiger partial charge in [-0.3, -0.25) is 19.3 Å². The Morgan fingerprint density at radius 3 is 2.64 bits per heavy atom. The van der Waals surface area contributed by atoms with Crippen molar-refractivity contribution in [2.24, 2.45) is 5.92 Å². The first-order valence-corrected chi connectivity index (χ1v) is 9.56. The largest absolute Gasteiger partial charge is 0.376 e. The lowest BCUT2D eigenvalue weighted by Gasteiger charge is -2.23. The highest BCUT2D eigenvalue weighted by atomic mass is 35.5. The van der Waals surface area contributed by atoms with Gasteiger partial charge in [-0.2, -0.15) is 0 Å². The molecule has 0 spiro atoms. The molecule has 1 aliphatic rings. The molecule has 144 valence electrons. The van der Waals surface area contributed by atoms with E-state index in [1.807, 2.05) is 29.2 Å². The molecule has 7 nitrogen and oxygen atoms in total. The normalized spacial score (nSPS) is 13.6. The first-order chi connectivity index (χ1) is 13.5.